The van der Waals surface area contributed by atoms with Crippen molar-refractivity contribution < 1.29 is 13.2 Å². The van der Waals surface area contributed by atoms with Crippen molar-refractivity contribution in [3.63, 3.8) is 0 Å². The number of allylic oxidation sites excluding steroid dienone is 1. The standard InChI is InChI=1S/C18H27NO3S/c1-3-4-5-6-12-23(20,21)19-15(2)17-8-7-9-18(13-17)22-14-16-10-11-16/h6-9,12-13,15-16,19H,3-5,10-11,14H2,1-2H3/b12-6+/t15-/m1/s1. The van der Waals surface area contributed by atoms with Gasteiger partial charge < -0.3 is 4.74 Å². The first kappa shape index (κ1) is 18.0. The van der Waals surface area contributed by atoms with E-state index < -0.39 is 10.0 Å². The highest BCUT2D eigenvalue weighted by Crippen LogP contribution is 2.30. The van der Waals surface area contributed by atoms with Gasteiger partial charge in [-0.25, -0.2) is 13.1 Å². The summed E-state index contributed by atoms with van der Waals surface area (Å²) in [5, 5.41) is 1.27. The second-order valence-corrected chi connectivity index (χ2v) is 7.82. The van der Waals surface area contributed by atoms with E-state index in [1.54, 1.807) is 6.08 Å². The number of unbranched alkanes of at least 4 members (excludes halogenated alkanes) is 2. The lowest BCUT2D eigenvalue weighted by atomic mass is 10.1. The van der Waals surface area contributed by atoms with Crippen LogP contribution in [0, 0.1) is 5.92 Å². The summed E-state index contributed by atoms with van der Waals surface area (Å²) in [7, 11) is -3.41. The summed E-state index contributed by atoms with van der Waals surface area (Å²) in [6.45, 7) is 4.68. The molecular formula is C18H27NO3S. The highest BCUT2D eigenvalue weighted by atomic mass is 32.2. The second-order valence-electron chi connectivity index (χ2n) is 6.23. The highest BCUT2D eigenvalue weighted by Gasteiger charge is 2.22. The molecule has 0 spiro atoms. The molecule has 5 heteroatoms. The molecule has 1 aromatic rings. The van der Waals surface area contributed by atoms with Crippen molar-refractivity contribution in [3.05, 3.63) is 41.3 Å². The van der Waals surface area contributed by atoms with Crippen molar-refractivity contribution in [1.29, 1.82) is 0 Å². The molecular weight excluding hydrogens is 310 g/mol. The molecule has 0 bridgehead atoms. The summed E-state index contributed by atoms with van der Waals surface area (Å²) in [4.78, 5) is 0. The van der Waals surface area contributed by atoms with Gasteiger partial charge >= 0.3 is 0 Å². The SMILES string of the molecule is CCCC/C=C/S(=O)(=O)N[C@H](C)c1cccc(OCC2CC2)c1. The molecule has 1 saturated carbocycles. The van der Waals surface area contributed by atoms with E-state index in [1.807, 2.05) is 31.2 Å². The fourth-order valence-electron chi connectivity index (χ4n) is 2.24. The highest BCUT2D eigenvalue weighted by molar-refractivity contribution is 7.92. The van der Waals surface area contributed by atoms with Gasteiger partial charge in [0.15, 0.2) is 0 Å². The third-order valence-corrected chi connectivity index (χ3v) is 5.11. The molecule has 0 radical (unpaired) electrons. The average molecular weight is 337 g/mol. The van der Waals surface area contributed by atoms with Crippen LogP contribution in [0.5, 0.6) is 5.75 Å². The Kier molecular flexibility index (Phi) is 6.66. The topological polar surface area (TPSA) is 55.4 Å². The van der Waals surface area contributed by atoms with Crippen LogP contribution in [0.15, 0.2) is 35.7 Å². The molecule has 0 aromatic heterocycles. The fraction of sp³-hybridized carbons (Fsp3) is 0.556. The Balaban J connectivity index is 1.91. The number of nitrogens with one attached hydrogen (secondary N) is 1. The van der Waals surface area contributed by atoms with Crippen molar-refractivity contribution in [2.45, 2.75) is 52.0 Å². The smallest absolute Gasteiger partial charge is 0.233 e. The first-order valence-electron chi connectivity index (χ1n) is 8.42. The second kappa shape index (κ2) is 8.50. The van der Waals surface area contributed by atoms with Crippen molar-refractivity contribution in [2.24, 2.45) is 5.92 Å². The summed E-state index contributed by atoms with van der Waals surface area (Å²) in [6.07, 6.45) is 7.06. The van der Waals surface area contributed by atoms with Crippen molar-refractivity contribution >= 4 is 10.0 Å². The lowest BCUT2D eigenvalue weighted by molar-refractivity contribution is 0.299. The van der Waals surface area contributed by atoms with Gasteiger partial charge in [-0.2, -0.15) is 0 Å². The van der Waals surface area contributed by atoms with Crippen LogP contribution < -0.4 is 9.46 Å². The maximum absolute atomic E-state index is 12.1. The van der Waals surface area contributed by atoms with Crippen LogP contribution in [0.3, 0.4) is 0 Å². The third-order valence-electron chi connectivity index (χ3n) is 3.88. The van der Waals surface area contributed by atoms with Gasteiger partial charge in [0.25, 0.3) is 0 Å². The van der Waals surface area contributed by atoms with E-state index in [9.17, 15) is 8.42 Å². The van der Waals surface area contributed by atoms with Crippen LogP contribution in [0.4, 0.5) is 0 Å². The molecule has 1 atom stereocenters. The maximum atomic E-state index is 12.1. The van der Waals surface area contributed by atoms with Gasteiger partial charge in [-0.3, -0.25) is 0 Å². The monoisotopic (exact) mass is 337 g/mol. The zero-order valence-corrected chi connectivity index (χ0v) is 14.8. The van der Waals surface area contributed by atoms with Crippen molar-refractivity contribution in [1.82, 2.24) is 4.72 Å². The molecule has 0 amide bonds. The van der Waals surface area contributed by atoms with Gasteiger partial charge in [-0.05, 0) is 49.8 Å². The molecule has 0 heterocycles. The first-order chi connectivity index (χ1) is 11.0. The molecule has 23 heavy (non-hydrogen) atoms. The number of ether oxygens (including phenoxy) is 1. The van der Waals surface area contributed by atoms with E-state index in [2.05, 4.69) is 11.6 Å². The Hall–Kier alpha value is -1.33. The number of rotatable bonds is 10. The van der Waals surface area contributed by atoms with Crippen LogP contribution >= 0.6 is 0 Å². The Morgan fingerprint density at radius 2 is 2.17 bits per heavy atom. The largest absolute Gasteiger partial charge is 0.493 e. The predicted molar refractivity (Wildman–Crippen MR) is 93.8 cm³/mol. The van der Waals surface area contributed by atoms with Gasteiger partial charge in [0.1, 0.15) is 5.75 Å². The van der Waals surface area contributed by atoms with E-state index in [4.69, 9.17) is 4.74 Å². The molecule has 0 aliphatic heterocycles. The Morgan fingerprint density at radius 3 is 2.87 bits per heavy atom. The summed E-state index contributed by atoms with van der Waals surface area (Å²) >= 11 is 0. The van der Waals surface area contributed by atoms with E-state index in [0.29, 0.717) is 5.92 Å². The number of sulfonamides is 1. The molecule has 128 valence electrons. The summed E-state index contributed by atoms with van der Waals surface area (Å²) in [6, 6.07) is 7.35. The minimum absolute atomic E-state index is 0.291. The van der Waals surface area contributed by atoms with Gasteiger partial charge in [0, 0.05) is 11.4 Å². The molecule has 1 aliphatic carbocycles. The van der Waals surface area contributed by atoms with Crippen LogP contribution in [0.25, 0.3) is 0 Å². The fourth-order valence-corrected chi connectivity index (χ4v) is 3.34. The van der Waals surface area contributed by atoms with Gasteiger partial charge in [-0.15, -0.1) is 0 Å². The number of hydrogen-bond acceptors (Lipinski definition) is 3. The molecule has 1 aromatic carbocycles. The number of benzene rings is 1. The van der Waals surface area contributed by atoms with Crippen LogP contribution in [-0.4, -0.2) is 15.0 Å². The first-order valence-corrected chi connectivity index (χ1v) is 9.96. The molecule has 1 fully saturated rings. The van der Waals surface area contributed by atoms with Crippen LogP contribution in [-0.2, 0) is 10.0 Å². The third kappa shape index (κ3) is 6.75. The molecule has 0 saturated heterocycles. The van der Waals surface area contributed by atoms with E-state index in [-0.39, 0.29) is 6.04 Å². The zero-order chi connectivity index (χ0) is 16.7. The molecule has 2 rings (SSSR count). The summed E-state index contributed by atoms with van der Waals surface area (Å²) in [5.74, 6) is 1.50. The van der Waals surface area contributed by atoms with Crippen molar-refractivity contribution in [2.75, 3.05) is 6.61 Å². The van der Waals surface area contributed by atoms with E-state index in [1.165, 1.54) is 18.2 Å². The maximum Gasteiger partial charge on any atom is 0.233 e. The van der Waals surface area contributed by atoms with Gasteiger partial charge in [0.2, 0.25) is 10.0 Å². The molecule has 1 aliphatic rings. The van der Waals surface area contributed by atoms with Gasteiger partial charge in [-0.1, -0.05) is 38.0 Å². The Bertz CT molecular complexity index is 621. The normalized spacial score (nSPS) is 16.6. The van der Waals surface area contributed by atoms with E-state index >= 15 is 0 Å². The Labute approximate surface area is 140 Å². The molecule has 4 nitrogen and oxygen atoms in total. The van der Waals surface area contributed by atoms with Crippen molar-refractivity contribution in [3.8, 4) is 5.75 Å². The van der Waals surface area contributed by atoms with E-state index in [0.717, 1.165) is 37.2 Å². The minimum atomic E-state index is -3.41. The lowest BCUT2D eigenvalue weighted by Crippen LogP contribution is -2.24. The predicted octanol–water partition coefficient (Wildman–Crippen LogP) is 4.16. The number of hydrogen-bond donors (Lipinski definition) is 1. The minimum Gasteiger partial charge on any atom is -0.493 e. The zero-order valence-electron chi connectivity index (χ0n) is 14.0. The lowest BCUT2D eigenvalue weighted by Gasteiger charge is -2.14. The van der Waals surface area contributed by atoms with Crippen LogP contribution in [0.1, 0.15) is 57.6 Å². The summed E-state index contributed by atoms with van der Waals surface area (Å²) in [5.41, 5.74) is 0.906. The molecule has 0 unspecified atom stereocenters. The quantitative estimate of drug-likeness (QED) is 0.652. The molecule has 1 N–H and O–H groups in total. The average Bonchev–Trinajstić information content (AvgIpc) is 3.34. The Morgan fingerprint density at radius 1 is 1.39 bits per heavy atom. The van der Waals surface area contributed by atoms with Crippen LogP contribution in [0.2, 0.25) is 0 Å². The summed E-state index contributed by atoms with van der Waals surface area (Å²) < 4.78 is 32.5. The van der Waals surface area contributed by atoms with Gasteiger partial charge in [0.05, 0.1) is 6.61 Å².